The maximum atomic E-state index is 12.5. The Morgan fingerprint density at radius 2 is 1.46 bits per heavy atom. The zero-order chi connectivity index (χ0) is 28.2. The molecule has 0 amide bonds. The fourth-order valence-electron chi connectivity index (χ4n) is 2.55. The molecule has 0 aliphatic heterocycles. The third-order valence-corrected chi connectivity index (χ3v) is 6.07. The van der Waals surface area contributed by atoms with Crippen molar-refractivity contribution < 1.29 is 96.3 Å². The quantitative estimate of drug-likeness (QED) is 0.244. The van der Waals surface area contributed by atoms with Gasteiger partial charge < -0.3 is 30.0 Å². The number of carboxylic acid groups (broad SMARTS) is 2. The molecule has 2 N–H and O–H groups in total. The van der Waals surface area contributed by atoms with Crippen molar-refractivity contribution in [2.45, 2.75) is 26.9 Å². The van der Waals surface area contributed by atoms with E-state index in [9.17, 15) is 27.9 Å². The Balaban J connectivity index is 0. The van der Waals surface area contributed by atoms with E-state index < -0.39 is 23.7 Å². The minimum atomic E-state index is -4.52. The van der Waals surface area contributed by atoms with Crippen LogP contribution < -0.4 is 63.4 Å². The van der Waals surface area contributed by atoms with Gasteiger partial charge in [-0.15, -0.1) is 29.3 Å². The van der Waals surface area contributed by atoms with E-state index in [4.69, 9.17) is 20.1 Å². The molecule has 0 aliphatic carbocycles. The molecule has 0 aliphatic rings. The third kappa shape index (κ3) is 12.1. The molecule has 39 heavy (non-hydrogen) atoms. The molecular formula is C23H23F3LiN2NaO7S2. The van der Waals surface area contributed by atoms with Gasteiger partial charge >= 0.3 is 60.6 Å². The largest absolute Gasteiger partial charge is 1.00 e. The number of aromatic nitrogens is 2. The van der Waals surface area contributed by atoms with Crippen molar-refractivity contribution >= 4 is 55.0 Å². The summed E-state index contributed by atoms with van der Waals surface area (Å²) in [6.45, 7) is 5.94. The van der Waals surface area contributed by atoms with Crippen LogP contribution in [0.25, 0.3) is 20.4 Å². The second-order valence-corrected chi connectivity index (χ2v) is 8.55. The number of thiophene rings is 2. The average molecular weight is 591 g/mol. The summed E-state index contributed by atoms with van der Waals surface area (Å²) in [4.78, 5) is 29.1. The molecule has 0 atom stereocenters. The van der Waals surface area contributed by atoms with Crippen molar-refractivity contribution in [1.29, 1.82) is 0 Å². The molecule has 4 aromatic heterocycles. The zero-order valence-corrected chi connectivity index (χ0v) is 25.5. The van der Waals surface area contributed by atoms with Gasteiger partial charge in [-0.3, -0.25) is 9.97 Å². The van der Waals surface area contributed by atoms with E-state index in [-0.39, 0.29) is 81.6 Å². The Hall–Kier alpha value is -1.73. The maximum absolute atomic E-state index is 12.5. The first-order valence-corrected chi connectivity index (χ1v) is 12.2. The number of carboxylic acids is 2. The SMILES string of the molecule is CCO.CCOc1ccnc2cc(C(=O)O)sc12.CC[O-].O=C([O-])c1cc2nccc(C(F)(F)F)c2s1.[Li+].[Na+]. The first-order chi connectivity index (χ1) is 17.4. The molecule has 4 heterocycles. The van der Waals surface area contributed by atoms with Gasteiger partial charge in [0.05, 0.1) is 43.5 Å². The van der Waals surface area contributed by atoms with E-state index in [0.717, 1.165) is 23.0 Å². The van der Waals surface area contributed by atoms with E-state index in [1.807, 2.05) is 6.92 Å². The van der Waals surface area contributed by atoms with Gasteiger partial charge in [0, 0.05) is 19.0 Å². The molecule has 0 saturated carbocycles. The van der Waals surface area contributed by atoms with E-state index >= 15 is 0 Å². The van der Waals surface area contributed by atoms with Gasteiger partial charge in [0.15, 0.2) is 0 Å². The number of rotatable bonds is 4. The minimum Gasteiger partial charge on any atom is -0.855 e. The standard InChI is InChI=1S/C10H9NO3S.C9H4F3NO2S.C2H6O.C2H5O.Li.Na/c1-2-14-7-3-4-11-6-5-8(10(12)13)15-9(6)7;10-9(11,12)4-1-2-13-5-3-6(8(14)15)16-7(4)5;2*1-2-3;;/h3-5H,2H2,1H3,(H,12,13);1-3H,(H,14,15);3H,2H2,1H3;2H2,1H3;;/q;;;-1;2*+1/p-1. The number of alkyl halides is 3. The number of hydrogen-bond donors (Lipinski definition) is 2. The van der Waals surface area contributed by atoms with E-state index in [1.54, 1.807) is 32.2 Å². The summed E-state index contributed by atoms with van der Waals surface area (Å²) in [5, 5.41) is 35.9. The summed E-state index contributed by atoms with van der Waals surface area (Å²) in [5.74, 6) is -1.74. The summed E-state index contributed by atoms with van der Waals surface area (Å²) < 4.78 is 43.6. The van der Waals surface area contributed by atoms with E-state index in [0.29, 0.717) is 29.2 Å². The molecule has 0 fully saturated rings. The average Bonchev–Trinajstić information content (AvgIpc) is 3.45. The van der Waals surface area contributed by atoms with Gasteiger partial charge in [0.2, 0.25) is 0 Å². The van der Waals surface area contributed by atoms with Crippen LogP contribution in [0.1, 0.15) is 45.7 Å². The minimum absolute atomic E-state index is 0. The molecule has 0 spiro atoms. The maximum Gasteiger partial charge on any atom is 1.00 e. The molecule has 16 heteroatoms. The smallest absolute Gasteiger partial charge is 0.855 e. The van der Waals surface area contributed by atoms with Crippen LogP contribution in [0, 0.1) is 0 Å². The topological polar surface area (TPSA) is 156 Å². The van der Waals surface area contributed by atoms with Crippen LogP contribution >= 0.6 is 22.7 Å². The Bertz CT molecular complexity index is 1320. The van der Waals surface area contributed by atoms with E-state index in [1.165, 1.54) is 11.3 Å². The Labute approximate surface area is 264 Å². The number of aliphatic hydroxyl groups excluding tert-OH is 1. The molecule has 0 saturated heterocycles. The van der Waals surface area contributed by atoms with Crippen LogP contribution in [0.3, 0.4) is 0 Å². The van der Waals surface area contributed by atoms with Crippen molar-refractivity contribution in [3.05, 3.63) is 52.0 Å². The van der Waals surface area contributed by atoms with Gasteiger partial charge in [0.25, 0.3) is 0 Å². The van der Waals surface area contributed by atoms with Gasteiger partial charge in [-0.25, -0.2) is 4.79 Å². The number of ether oxygens (including phenoxy) is 1. The van der Waals surface area contributed by atoms with Crippen LogP contribution in [-0.4, -0.2) is 51.9 Å². The van der Waals surface area contributed by atoms with Gasteiger partial charge in [-0.1, -0.05) is 6.92 Å². The monoisotopic (exact) mass is 590 g/mol. The Morgan fingerprint density at radius 3 is 1.92 bits per heavy atom. The fourth-order valence-corrected chi connectivity index (χ4v) is 4.46. The number of carbonyl (C=O) groups excluding carboxylic acids is 1. The van der Waals surface area contributed by atoms with Crippen LogP contribution in [0.4, 0.5) is 13.2 Å². The van der Waals surface area contributed by atoms with E-state index in [2.05, 4.69) is 9.97 Å². The number of aromatic carboxylic acids is 2. The normalized spacial score (nSPS) is 9.85. The molecule has 4 aromatic rings. The number of pyridine rings is 2. The third-order valence-electron chi connectivity index (χ3n) is 3.80. The number of halogens is 3. The number of fused-ring (bicyclic) bond motifs is 2. The number of nitrogens with zero attached hydrogens (tertiary/aromatic N) is 2. The van der Waals surface area contributed by atoms with Crippen molar-refractivity contribution in [2.75, 3.05) is 19.8 Å². The number of carbonyl (C=O) groups is 2. The van der Waals surface area contributed by atoms with Crippen molar-refractivity contribution in [3.63, 3.8) is 0 Å². The van der Waals surface area contributed by atoms with Crippen LogP contribution in [0.5, 0.6) is 5.75 Å². The number of aliphatic hydroxyl groups is 1. The van der Waals surface area contributed by atoms with Gasteiger partial charge in [-0.05, 0) is 38.1 Å². The number of hydrogen-bond acceptors (Lipinski definition) is 10. The molecule has 4 rings (SSSR count). The van der Waals surface area contributed by atoms with Gasteiger partial charge in [-0.2, -0.15) is 13.2 Å². The Kier molecular flexibility index (Phi) is 19.6. The van der Waals surface area contributed by atoms with Crippen molar-refractivity contribution in [1.82, 2.24) is 9.97 Å². The predicted molar refractivity (Wildman–Crippen MR) is 130 cm³/mol. The summed E-state index contributed by atoms with van der Waals surface area (Å²) in [5.41, 5.74) is -0.197. The van der Waals surface area contributed by atoms with Gasteiger partial charge in [0.1, 0.15) is 10.6 Å². The zero-order valence-electron chi connectivity index (χ0n) is 21.9. The molecule has 0 bridgehead atoms. The Morgan fingerprint density at radius 1 is 1.00 bits per heavy atom. The molecule has 0 unspecified atom stereocenters. The fraction of sp³-hybridized carbons (Fsp3) is 0.304. The van der Waals surface area contributed by atoms with Crippen molar-refractivity contribution in [3.8, 4) is 5.75 Å². The molecule has 0 aromatic carbocycles. The molecule has 0 radical (unpaired) electrons. The summed E-state index contributed by atoms with van der Waals surface area (Å²) in [6.07, 6.45) is -1.90. The second kappa shape index (κ2) is 19.4. The molecule has 202 valence electrons. The summed E-state index contributed by atoms with van der Waals surface area (Å²) in [7, 11) is 0. The molecular weight excluding hydrogens is 567 g/mol. The van der Waals surface area contributed by atoms with Crippen molar-refractivity contribution in [2.24, 2.45) is 0 Å². The second-order valence-electron chi connectivity index (χ2n) is 6.45. The van der Waals surface area contributed by atoms with Crippen LogP contribution in [-0.2, 0) is 6.18 Å². The summed E-state index contributed by atoms with van der Waals surface area (Å²) in [6, 6.07) is 5.20. The predicted octanol–water partition coefficient (Wildman–Crippen LogP) is -2.55. The first kappa shape index (κ1) is 39.4. The van der Waals surface area contributed by atoms with Crippen LogP contribution in [0.15, 0.2) is 36.7 Å². The molecule has 9 nitrogen and oxygen atoms in total. The van der Waals surface area contributed by atoms with Crippen LogP contribution in [0.2, 0.25) is 0 Å². The first-order valence-electron chi connectivity index (χ1n) is 10.6. The summed E-state index contributed by atoms with van der Waals surface area (Å²) >= 11 is 1.70.